The normalized spacial score (nSPS) is 19.3. The Balaban J connectivity index is 1.76. The van der Waals surface area contributed by atoms with Gasteiger partial charge in [-0.2, -0.15) is 0 Å². The molecule has 0 bridgehead atoms. The standard InChI is InChI=1S/C31H29OP/c32-31(27-15-5-1-6-16-27)24-26-14-13-23-33(25-26,28-17-7-2-8-18-28,29-19-9-3-10-20-29)30-21-11-4-12-22-30/h1-12,15-22,24H,13-14,23,25H2/b26-24+. The first-order valence-electron chi connectivity index (χ1n) is 11.7. The molecule has 0 aliphatic carbocycles. The van der Waals surface area contributed by atoms with Gasteiger partial charge < -0.3 is 0 Å². The molecule has 1 aliphatic heterocycles. The van der Waals surface area contributed by atoms with Gasteiger partial charge in [0.2, 0.25) is 0 Å². The fourth-order valence-electron chi connectivity index (χ4n) is 5.72. The first-order valence-corrected chi connectivity index (χ1v) is 14.3. The van der Waals surface area contributed by atoms with Gasteiger partial charge in [0.05, 0.1) is 0 Å². The molecule has 0 N–H and O–H groups in total. The molecule has 1 fully saturated rings. The molecule has 1 aliphatic rings. The average molecular weight is 449 g/mol. The van der Waals surface area contributed by atoms with E-state index >= 15 is 0 Å². The van der Waals surface area contributed by atoms with Crippen molar-refractivity contribution in [2.24, 2.45) is 0 Å². The van der Waals surface area contributed by atoms with Crippen molar-refractivity contribution in [2.45, 2.75) is 12.8 Å². The Hall–Kier alpha value is -3.28. The van der Waals surface area contributed by atoms with Crippen LogP contribution in [0.3, 0.4) is 0 Å². The van der Waals surface area contributed by atoms with Crippen molar-refractivity contribution >= 4 is 28.3 Å². The Bertz CT molecular complexity index is 1160. The fraction of sp³-hybridized carbons (Fsp3) is 0.129. The second-order valence-electron chi connectivity index (χ2n) is 9.03. The topological polar surface area (TPSA) is 17.1 Å². The van der Waals surface area contributed by atoms with Crippen molar-refractivity contribution in [3.8, 4) is 0 Å². The van der Waals surface area contributed by atoms with Crippen LogP contribution in [0.4, 0.5) is 0 Å². The third-order valence-electron chi connectivity index (χ3n) is 7.23. The SMILES string of the molecule is O=C(/C=C1\CCCP(c2ccccc2)(c2ccccc2)(c2ccccc2)C1)c1ccccc1. The van der Waals surface area contributed by atoms with E-state index in [1.807, 2.05) is 36.4 Å². The zero-order valence-corrected chi connectivity index (χ0v) is 19.7. The molecule has 2 heteroatoms. The van der Waals surface area contributed by atoms with E-state index in [4.69, 9.17) is 0 Å². The molecule has 5 rings (SSSR count). The number of rotatable bonds is 5. The second-order valence-corrected chi connectivity index (χ2v) is 14.4. The minimum atomic E-state index is -2.83. The van der Waals surface area contributed by atoms with E-state index in [0.29, 0.717) is 0 Å². The van der Waals surface area contributed by atoms with Gasteiger partial charge in [0.1, 0.15) is 0 Å². The van der Waals surface area contributed by atoms with E-state index in [1.54, 1.807) is 0 Å². The van der Waals surface area contributed by atoms with Gasteiger partial charge in [0.25, 0.3) is 0 Å². The van der Waals surface area contributed by atoms with E-state index in [-0.39, 0.29) is 5.78 Å². The number of carbonyl (C=O) groups is 1. The monoisotopic (exact) mass is 448 g/mol. The van der Waals surface area contributed by atoms with Crippen LogP contribution in [0.1, 0.15) is 23.2 Å². The van der Waals surface area contributed by atoms with Gasteiger partial charge in [0.15, 0.2) is 0 Å². The van der Waals surface area contributed by atoms with Crippen LogP contribution in [0.5, 0.6) is 0 Å². The summed E-state index contributed by atoms with van der Waals surface area (Å²) in [7, 11) is 0. The molecule has 4 aromatic carbocycles. The number of carbonyl (C=O) groups excluding carboxylic acids is 1. The average Bonchev–Trinajstić information content (AvgIpc) is 2.91. The van der Waals surface area contributed by atoms with Crippen LogP contribution in [-0.4, -0.2) is 18.1 Å². The van der Waals surface area contributed by atoms with Crippen molar-refractivity contribution in [1.82, 2.24) is 0 Å². The van der Waals surface area contributed by atoms with Crippen molar-refractivity contribution in [3.05, 3.63) is 139 Å². The molecule has 164 valence electrons. The van der Waals surface area contributed by atoms with Crippen LogP contribution < -0.4 is 15.9 Å². The predicted octanol–water partition coefficient (Wildman–Crippen LogP) is 6.12. The van der Waals surface area contributed by atoms with Gasteiger partial charge in [-0.05, 0) is 0 Å². The molecule has 0 saturated carbocycles. The van der Waals surface area contributed by atoms with Crippen molar-refractivity contribution in [1.29, 1.82) is 0 Å². The maximum absolute atomic E-state index is 13.2. The third kappa shape index (κ3) is 3.67. The molecule has 33 heavy (non-hydrogen) atoms. The maximum atomic E-state index is 13.2. The third-order valence-corrected chi connectivity index (χ3v) is 14.3. The zero-order valence-electron chi connectivity index (χ0n) is 18.8. The molecule has 1 nitrogen and oxygen atoms in total. The number of ketones is 1. The van der Waals surface area contributed by atoms with Gasteiger partial charge >= 0.3 is 197 Å². The summed E-state index contributed by atoms with van der Waals surface area (Å²) in [6.45, 7) is -2.83. The van der Waals surface area contributed by atoms with Crippen LogP contribution in [0.25, 0.3) is 0 Å². The summed E-state index contributed by atoms with van der Waals surface area (Å²) >= 11 is 0. The van der Waals surface area contributed by atoms with Gasteiger partial charge in [-0.25, -0.2) is 0 Å². The number of hydrogen-bond acceptors (Lipinski definition) is 1. The van der Waals surface area contributed by atoms with Crippen LogP contribution in [-0.2, 0) is 0 Å². The molecule has 0 spiro atoms. The van der Waals surface area contributed by atoms with Gasteiger partial charge in [-0.3, -0.25) is 0 Å². The first kappa shape index (κ1) is 21.6. The van der Waals surface area contributed by atoms with E-state index < -0.39 is 6.60 Å². The summed E-state index contributed by atoms with van der Waals surface area (Å²) in [5.41, 5.74) is 2.03. The van der Waals surface area contributed by atoms with Gasteiger partial charge in [0, 0.05) is 0 Å². The Labute approximate surface area is 196 Å². The molecule has 0 atom stereocenters. The Kier molecular flexibility index (Phi) is 5.83. The Morgan fingerprint density at radius 2 is 1.03 bits per heavy atom. The van der Waals surface area contributed by atoms with Crippen molar-refractivity contribution in [2.75, 3.05) is 12.3 Å². The van der Waals surface area contributed by atoms with Crippen LogP contribution in [0.15, 0.2) is 133 Å². The zero-order chi connectivity index (χ0) is 22.6. The molecular weight excluding hydrogens is 419 g/mol. The molecule has 0 amide bonds. The molecule has 1 saturated heterocycles. The summed E-state index contributed by atoms with van der Waals surface area (Å²) in [6, 6.07) is 42.9. The van der Waals surface area contributed by atoms with E-state index in [9.17, 15) is 4.79 Å². The molecule has 0 radical (unpaired) electrons. The summed E-state index contributed by atoms with van der Waals surface area (Å²) in [4.78, 5) is 13.2. The minimum absolute atomic E-state index is 0.110. The van der Waals surface area contributed by atoms with Crippen LogP contribution in [0.2, 0.25) is 0 Å². The molecule has 0 aromatic heterocycles. The van der Waals surface area contributed by atoms with E-state index in [1.165, 1.54) is 21.5 Å². The Morgan fingerprint density at radius 1 is 0.606 bits per heavy atom. The number of benzene rings is 4. The van der Waals surface area contributed by atoms with Crippen LogP contribution in [0, 0.1) is 0 Å². The van der Waals surface area contributed by atoms with E-state index in [2.05, 4.69) is 91.0 Å². The van der Waals surface area contributed by atoms with Gasteiger partial charge in [-0.15, -0.1) is 0 Å². The van der Waals surface area contributed by atoms with E-state index in [0.717, 1.165) is 30.7 Å². The molecular formula is C31H29OP. The fourth-order valence-corrected chi connectivity index (χ4v) is 12.8. The summed E-state index contributed by atoms with van der Waals surface area (Å²) < 4.78 is 0. The first-order chi connectivity index (χ1) is 16.2. The summed E-state index contributed by atoms with van der Waals surface area (Å²) in [5.74, 6) is 0.110. The predicted molar refractivity (Wildman–Crippen MR) is 143 cm³/mol. The number of hydrogen-bond donors (Lipinski definition) is 0. The molecule has 4 aromatic rings. The summed E-state index contributed by atoms with van der Waals surface area (Å²) in [6.07, 6.45) is 6.03. The van der Waals surface area contributed by atoms with Gasteiger partial charge in [-0.1, -0.05) is 0 Å². The Morgan fingerprint density at radius 3 is 1.48 bits per heavy atom. The molecule has 0 unspecified atom stereocenters. The van der Waals surface area contributed by atoms with Crippen molar-refractivity contribution in [3.63, 3.8) is 0 Å². The van der Waals surface area contributed by atoms with Crippen molar-refractivity contribution < 1.29 is 4.79 Å². The van der Waals surface area contributed by atoms with Crippen LogP contribution >= 0.6 is 6.60 Å². The molecule has 1 heterocycles. The second kappa shape index (κ2) is 8.93. The quantitative estimate of drug-likeness (QED) is 0.204. The number of allylic oxidation sites excluding steroid dienone is 2. The summed E-state index contributed by atoms with van der Waals surface area (Å²) in [5, 5.41) is 4.25.